The molecule has 0 atom stereocenters. The molecule has 20 heavy (non-hydrogen) atoms. The molecule has 0 aliphatic heterocycles. The van der Waals surface area contributed by atoms with Gasteiger partial charge >= 0.3 is 0 Å². The van der Waals surface area contributed by atoms with Gasteiger partial charge in [0.25, 0.3) is 0 Å². The van der Waals surface area contributed by atoms with E-state index in [0.717, 1.165) is 11.4 Å². The molecule has 0 amide bonds. The quantitative estimate of drug-likeness (QED) is 0.681. The van der Waals surface area contributed by atoms with Crippen LogP contribution in [0.3, 0.4) is 0 Å². The second kappa shape index (κ2) is 5.25. The molecule has 0 fully saturated rings. The van der Waals surface area contributed by atoms with Crippen molar-refractivity contribution in [1.29, 1.82) is 0 Å². The number of hydrogen-bond donors (Lipinski definition) is 0. The zero-order valence-corrected chi connectivity index (χ0v) is 11.7. The number of pyridine rings is 2. The van der Waals surface area contributed by atoms with Crippen molar-refractivity contribution in [2.45, 2.75) is 13.8 Å². The first-order valence-electron chi connectivity index (χ1n) is 6.70. The van der Waals surface area contributed by atoms with Crippen LogP contribution in [0.15, 0.2) is 60.9 Å². The van der Waals surface area contributed by atoms with Crippen molar-refractivity contribution >= 4 is 0 Å². The van der Waals surface area contributed by atoms with Crippen molar-refractivity contribution in [3.63, 3.8) is 0 Å². The van der Waals surface area contributed by atoms with E-state index in [4.69, 9.17) is 0 Å². The number of benzene rings is 1. The van der Waals surface area contributed by atoms with E-state index in [2.05, 4.69) is 54.1 Å². The largest absolute Gasteiger partial charge is 0.255 e. The SMILES string of the molecule is Cc1ccccc1-c1cc(-c2ccccn2)ncc1C. The molecule has 0 saturated heterocycles. The fourth-order valence-corrected chi connectivity index (χ4v) is 2.34. The lowest BCUT2D eigenvalue weighted by Gasteiger charge is -2.10. The van der Waals surface area contributed by atoms with E-state index < -0.39 is 0 Å². The summed E-state index contributed by atoms with van der Waals surface area (Å²) in [6.45, 7) is 4.23. The van der Waals surface area contributed by atoms with Crippen molar-refractivity contribution in [3.05, 3.63) is 72.1 Å². The summed E-state index contributed by atoms with van der Waals surface area (Å²) < 4.78 is 0. The normalized spacial score (nSPS) is 10.5. The van der Waals surface area contributed by atoms with Crippen LogP contribution in [0.1, 0.15) is 11.1 Å². The summed E-state index contributed by atoms with van der Waals surface area (Å²) in [5, 5.41) is 0. The average Bonchev–Trinajstić information content (AvgIpc) is 2.49. The van der Waals surface area contributed by atoms with Gasteiger partial charge in [0, 0.05) is 12.4 Å². The maximum Gasteiger partial charge on any atom is 0.0892 e. The summed E-state index contributed by atoms with van der Waals surface area (Å²) in [5.74, 6) is 0. The van der Waals surface area contributed by atoms with Gasteiger partial charge in [-0.25, -0.2) is 0 Å². The van der Waals surface area contributed by atoms with Crippen LogP contribution in [0.25, 0.3) is 22.5 Å². The van der Waals surface area contributed by atoms with Crippen molar-refractivity contribution in [2.75, 3.05) is 0 Å². The molecule has 2 heteroatoms. The molecule has 3 rings (SSSR count). The van der Waals surface area contributed by atoms with Crippen molar-refractivity contribution in [1.82, 2.24) is 9.97 Å². The van der Waals surface area contributed by atoms with E-state index in [1.54, 1.807) is 6.20 Å². The molecule has 3 aromatic rings. The topological polar surface area (TPSA) is 25.8 Å². The predicted molar refractivity (Wildman–Crippen MR) is 82.4 cm³/mol. The number of nitrogens with zero attached hydrogens (tertiary/aromatic N) is 2. The maximum atomic E-state index is 4.50. The fourth-order valence-electron chi connectivity index (χ4n) is 2.34. The molecule has 0 spiro atoms. The van der Waals surface area contributed by atoms with E-state index >= 15 is 0 Å². The first-order valence-corrected chi connectivity index (χ1v) is 6.70. The third-order valence-electron chi connectivity index (χ3n) is 3.47. The molecule has 0 bridgehead atoms. The van der Waals surface area contributed by atoms with Gasteiger partial charge in [0.05, 0.1) is 11.4 Å². The minimum Gasteiger partial charge on any atom is -0.255 e. The Hall–Kier alpha value is -2.48. The molecule has 0 N–H and O–H groups in total. The fraction of sp³-hybridized carbons (Fsp3) is 0.111. The molecular weight excluding hydrogens is 244 g/mol. The smallest absolute Gasteiger partial charge is 0.0892 e. The molecule has 1 aromatic carbocycles. The van der Waals surface area contributed by atoms with Gasteiger partial charge in [-0.1, -0.05) is 30.3 Å². The van der Waals surface area contributed by atoms with Crippen LogP contribution in [0, 0.1) is 13.8 Å². The van der Waals surface area contributed by atoms with Crippen molar-refractivity contribution in [2.24, 2.45) is 0 Å². The molecule has 0 aliphatic rings. The Morgan fingerprint density at radius 3 is 2.25 bits per heavy atom. The third-order valence-corrected chi connectivity index (χ3v) is 3.47. The zero-order valence-electron chi connectivity index (χ0n) is 11.7. The summed E-state index contributed by atoms with van der Waals surface area (Å²) >= 11 is 0. The monoisotopic (exact) mass is 260 g/mol. The van der Waals surface area contributed by atoms with Crippen LogP contribution >= 0.6 is 0 Å². The maximum absolute atomic E-state index is 4.50. The van der Waals surface area contributed by atoms with Crippen LogP contribution in [-0.2, 0) is 0 Å². The Labute approximate surface area is 119 Å². The Morgan fingerprint density at radius 1 is 0.700 bits per heavy atom. The standard InChI is InChI=1S/C18H16N2/c1-13-7-3-4-8-15(13)16-11-18(20-12-14(16)2)17-9-5-6-10-19-17/h3-12H,1-2H3. The minimum atomic E-state index is 0.905. The van der Waals surface area contributed by atoms with Gasteiger partial charge in [-0.2, -0.15) is 0 Å². The lowest BCUT2D eigenvalue weighted by Crippen LogP contribution is -1.92. The molecule has 2 nitrogen and oxygen atoms in total. The van der Waals surface area contributed by atoms with Crippen molar-refractivity contribution < 1.29 is 0 Å². The lowest BCUT2D eigenvalue weighted by atomic mass is 9.97. The summed E-state index contributed by atoms with van der Waals surface area (Å²) in [5.41, 5.74) is 6.74. The first kappa shape index (κ1) is 12.5. The summed E-state index contributed by atoms with van der Waals surface area (Å²) in [7, 11) is 0. The Balaban J connectivity index is 2.15. The Bertz CT molecular complexity index is 733. The highest BCUT2D eigenvalue weighted by Gasteiger charge is 2.08. The molecule has 2 heterocycles. The van der Waals surface area contributed by atoms with E-state index in [9.17, 15) is 0 Å². The molecule has 0 unspecified atom stereocenters. The highest BCUT2D eigenvalue weighted by molar-refractivity contribution is 5.73. The van der Waals surface area contributed by atoms with Gasteiger partial charge in [0.15, 0.2) is 0 Å². The summed E-state index contributed by atoms with van der Waals surface area (Å²) in [6.07, 6.45) is 3.72. The zero-order chi connectivity index (χ0) is 13.9. The van der Waals surface area contributed by atoms with E-state index in [1.807, 2.05) is 24.4 Å². The second-order valence-corrected chi connectivity index (χ2v) is 4.91. The van der Waals surface area contributed by atoms with E-state index in [0.29, 0.717) is 0 Å². The van der Waals surface area contributed by atoms with E-state index in [1.165, 1.54) is 22.3 Å². The van der Waals surface area contributed by atoms with Crippen LogP contribution in [-0.4, -0.2) is 9.97 Å². The molecule has 0 radical (unpaired) electrons. The van der Waals surface area contributed by atoms with Crippen LogP contribution in [0.4, 0.5) is 0 Å². The Morgan fingerprint density at radius 2 is 1.50 bits per heavy atom. The van der Waals surface area contributed by atoms with Crippen LogP contribution in [0.5, 0.6) is 0 Å². The summed E-state index contributed by atoms with van der Waals surface area (Å²) in [4.78, 5) is 8.88. The molecule has 0 saturated carbocycles. The number of hydrogen-bond acceptors (Lipinski definition) is 2. The second-order valence-electron chi connectivity index (χ2n) is 4.91. The number of rotatable bonds is 2. The van der Waals surface area contributed by atoms with Gasteiger partial charge in [0.1, 0.15) is 0 Å². The average molecular weight is 260 g/mol. The number of aromatic nitrogens is 2. The third kappa shape index (κ3) is 2.32. The first-order chi connectivity index (χ1) is 9.75. The van der Waals surface area contributed by atoms with Gasteiger partial charge in [-0.15, -0.1) is 0 Å². The molecule has 2 aromatic heterocycles. The van der Waals surface area contributed by atoms with Gasteiger partial charge in [-0.3, -0.25) is 9.97 Å². The predicted octanol–water partition coefficient (Wildman–Crippen LogP) is 4.43. The van der Waals surface area contributed by atoms with Crippen molar-refractivity contribution in [3.8, 4) is 22.5 Å². The van der Waals surface area contributed by atoms with Gasteiger partial charge in [-0.05, 0) is 54.3 Å². The highest BCUT2D eigenvalue weighted by Crippen LogP contribution is 2.28. The highest BCUT2D eigenvalue weighted by atomic mass is 14.8. The van der Waals surface area contributed by atoms with Gasteiger partial charge < -0.3 is 0 Å². The van der Waals surface area contributed by atoms with Crippen LogP contribution < -0.4 is 0 Å². The molecular formula is C18H16N2. The van der Waals surface area contributed by atoms with Crippen LogP contribution in [0.2, 0.25) is 0 Å². The Kier molecular flexibility index (Phi) is 3.30. The molecule has 0 aliphatic carbocycles. The molecule has 98 valence electrons. The number of aryl methyl sites for hydroxylation is 2. The lowest BCUT2D eigenvalue weighted by molar-refractivity contribution is 1.22. The summed E-state index contributed by atoms with van der Waals surface area (Å²) in [6, 6.07) is 16.4. The van der Waals surface area contributed by atoms with E-state index in [-0.39, 0.29) is 0 Å². The van der Waals surface area contributed by atoms with Gasteiger partial charge in [0.2, 0.25) is 0 Å². The minimum absolute atomic E-state index is 0.905.